The standard InChI is InChI=1S/C20H24N2O3S/c1-22(18-10-12-21-13-11-18)20(23)17-8-5-9-19(14-17)26(24,25)15-16-6-3-2-4-7-16/h2-9,14,18,21H,10-13,15H2,1H3. The average Bonchev–Trinajstić information content (AvgIpc) is 2.68. The first kappa shape index (κ1) is 18.6. The molecule has 1 saturated heterocycles. The fourth-order valence-corrected chi connectivity index (χ4v) is 4.65. The molecule has 1 aliphatic heterocycles. The van der Waals surface area contributed by atoms with E-state index in [2.05, 4.69) is 5.32 Å². The molecule has 5 nitrogen and oxygen atoms in total. The molecule has 1 heterocycles. The van der Waals surface area contributed by atoms with E-state index in [-0.39, 0.29) is 22.6 Å². The van der Waals surface area contributed by atoms with Gasteiger partial charge in [-0.15, -0.1) is 0 Å². The molecule has 0 atom stereocenters. The molecule has 0 aliphatic carbocycles. The molecule has 1 amide bonds. The minimum atomic E-state index is -3.50. The Bertz CT molecular complexity index is 860. The number of hydrogen-bond acceptors (Lipinski definition) is 4. The second kappa shape index (κ2) is 8.01. The van der Waals surface area contributed by atoms with Gasteiger partial charge in [-0.3, -0.25) is 4.79 Å². The number of nitrogens with one attached hydrogen (secondary N) is 1. The van der Waals surface area contributed by atoms with Crippen LogP contribution in [0.15, 0.2) is 59.5 Å². The molecule has 3 rings (SSSR count). The third-order valence-electron chi connectivity index (χ3n) is 4.82. The molecule has 26 heavy (non-hydrogen) atoms. The molecule has 1 N–H and O–H groups in total. The monoisotopic (exact) mass is 372 g/mol. The maximum atomic E-state index is 12.8. The van der Waals surface area contributed by atoms with E-state index in [1.807, 2.05) is 18.2 Å². The first-order chi connectivity index (χ1) is 12.5. The van der Waals surface area contributed by atoms with Crippen molar-refractivity contribution in [1.29, 1.82) is 0 Å². The SMILES string of the molecule is CN(C(=O)c1cccc(S(=O)(=O)Cc2ccccc2)c1)C1CCNCC1. The van der Waals surface area contributed by atoms with Gasteiger partial charge in [-0.1, -0.05) is 36.4 Å². The lowest BCUT2D eigenvalue weighted by molar-refractivity contribution is 0.0703. The Morgan fingerprint density at radius 2 is 1.77 bits per heavy atom. The van der Waals surface area contributed by atoms with Crippen molar-refractivity contribution in [1.82, 2.24) is 10.2 Å². The Morgan fingerprint density at radius 1 is 1.08 bits per heavy atom. The molecule has 1 aliphatic rings. The lowest BCUT2D eigenvalue weighted by atomic mass is 10.0. The number of nitrogens with zero attached hydrogens (tertiary/aromatic N) is 1. The Labute approximate surface area is 154 Å². The molecule has 0 saturated carbocycles. The van der Waals surface area contributed by atoms with E-state index in [0.29, 0.717) is 5.56 Å². The van der Waals surface area contributed by atoms with E-state index in [4.69, 9.17) is 0 Å². The molecule has 2 aromatic rings. The third kappa shape index (κ3) is 4.31. The zero-order valence-electron chi connectivity index (χ0n) is 14.9. The van der Waals surface area contributed by atoms with Gasteiger partial charge in [0.2, 0.25) is 0 Å². The quantitative estimate of drug-likeness (QED) is 0.876. The van der Waals surface area contributed by atoms with Crippen LogP contribution in [0.5, 0.6) is 0 Å². The van der Waals surface area contributed by atoms with Gasteiger partial charge in [0, 0.05) is 18.7 Å². The Morgan fingerprint density at radius 3 is 2.46 bits per heavy atom. The summed E-state index contributed by atoms with van der Waals surface area (Å²) < 4.78 is 25.4. The summed E-state index contributed by atoms with van der Waals surface area (Å²) in [4.78, 5) is 14.7. The summed E-state index contributed by atoms with van der Waals surface area (Å²) in [7, 11) is -1.71. The predicted octanol–water partition coefficient (Wildman–Crippen LogP) is 2.48. The third-order valence-corrected chi connectivity index (χ3v) is 6.50. The number of carbonyl (C=O) groups excluding carboxylic acids is 1. The summed E-state index contributed by atoms with van der Waals surface area (Å²) in [6.45, 7) is 1.79. The van der Waals surface area contributed by atoms with Gasteiger partial charge in [-0.2, -0.15) is 0 Å². The number of benzene rings is 2. The zero-order chi connectivity index (χ0) is 18.6. The second-order valence-corrected chi connectivity index (χ2v) is 8.66. The maximum Gasteiger partial charge on any atom is 0.253 e. The first-order valence-corrected chi connectivity index (χ1v) is 10.5. The molecule has 0 unspecified atom stereocenters. The van der Waals surface area contributed by atoms with Crippen molar-refractivity contribution in [3.05, 3.63) is 65.7 Å². The highest BCUT2D eigenvalue weighted by Crippen LogP contribution is 2.20. The van der Waals surface area contributed by atoms with Crippen LogP contribution in [0.4, 0.5) is 0 Å². The van der Waals surface area contributed by atoms with Crippen LogP contribution in [-0.2, 0) is 15.6 Å². The number of rotatable bonds is 5. The van der Waals surface area contributed by atoms with Crippen LogP contribution in [-0.4, -0.2) is 45.4 Å². The van der Waals surface area contributed by atoms with E-state index in [1.165, 1.54) is 6.07 Å². The van der Waals surface area contributed by atoms with Gasteiger partial charge in [0.15, 0.2) is 9.84 Å². The van der Waals surface area contributed by atoms with E-state index in [0.717, 1.165) is 31.5 Å². The molecule has 138 valence electrons. The highest BCUT2D eigenvalue weighted by atomic mass is 32.2. The highest BCUT2D eigenvalue weighted by Gasteiger charge is 2.24. The van der Waals surface area contributed by atoms with Crippen molar-refractivity contribution in [2.75, 3.05) is 20.1 Å². The van der Waals surface area contributed by atoms with Crippen LogP contribution in [0, 0.1) is 0 Å². The molecular weight excluding hydrogens is 348 g/mol. The minimum Gasteiger partial charge on any atom is -0.339 e. The van der Waals surface area contributed by atoms with E-state index in [9.17, 15) is 13.2 Å². The van der Waals surface area contributed by atoms with Gasteiger partial charge in [0.05, 0.1) is 10.6 Å². The smallest absolute Gasteiger partial charge is 0.253 e. The van der Waals surface area contributed by atoms with Crippen molar-refractivity contribution >= 4 is 15.7 Å². The fraction of sp³-hybridized carbons (Fsp3) is 0.350. The number of piperidine rings is 1. The van der Waals surface area contributed by atoms with E-state index in [1.54, 1.807) is 42.3 Å². The van der Waals surface area contributed by atoms with Gasteiger partial charge in [0.1, 0.15) is 0 Å². The first-order valence-electron chi connectivity index (χ1n) is 8.82. The molecule has 1 fully saturated rings. The fourth-order valence-electron chi connectivity index (χ4n) is 3.26. The molecular formula is C20H24N2O3S. The van der Waals surface area contributed by atoms with Gasteiger partial charge in [-0.25, -0.2) is 8.42 Å². The lowest BCUT2D eigenvalue weighted by Gasteiger charge is -2.31. The summed E-state index contributed by atoms with van der Waals surface area (Å²) in [5, 5.41) is 3.28. The van der Waals surface area contributed by atoms with Gasteiger partial charge in [0.25, 0.3) is 5.91 Å². The van der Waals surface area contributed by atoms with Crippen LogP contribution in [0.1, 0.15) is 28.8 Å². The van der Waals surface area contributed by atoms with Crippen LogP contribution < -0.4 is 5.32 Å². The largest absolute Gasteiger partial charge is 0.339 e. The minimum absolute atomic E-state index is 0.0738. The van der Waals surface area contributed by atoms with E-state index >= 15 is 0 Å². The van der Waals surface area contributed by atoms with Crippen LogP contribution in [0.2, 0.25) is 0 Å². The summed E-state index contributed by atoms with van der Waals surface area (Å²) in [6.07, 6.45) is 1.82. The van der Waals surface area contributed by atoms with Crippen LogP contribution in [0.25, 0.3) is 0 Å². The molecule has 0 radical (unpaired) electrons. The Hall–Kier alpha value is -2.18. The summed E-state index contributed by atoms with van der Waals surface area (Å²) in [5.41, 5.74) is 1.15. The number of carbonyl (C=O) groups is 1. The second-order valence-electron chi connectivity index (χ2n) is 6.67. The van der Waals surface area contributed by atoms with Crippen molar-refractivity contribution in [2.24, 2.45) is 0 Å². The predicted molar refractivity (Wildman–Crippen MR) is 102 cm³/mol. The Kier molecular flexibility index (Phi) is 5.74. The van der Waals surface area contributed by atoms with Crippen LogP contribution >= 0.6 is 0 Å². The summed E-state index contributed by atoms with van der Waals surface area (Å²) in [6, 6.07) is 15.6. The number of hydrogen-bond donors (Lipinski definition) is 1. The van der Waals surface area contributed by atoms with Crippen LogP contribution in [0.3, 0.4) is 0 Å². The van der Waals surface area contributed by atoms with Crippen molar-refractivity contribution in [3.63, 3.8) is 0 Å². The number of sulfone groups is 1. The maximum absolute atomic E-state index is 12.8. The topological polar surface area (TPSA) is 66.5 Å². The normalized spacial score (nSPS) is 15.6. The molecule has 0 aromatic heterocycles. The van der Waals surface area contributed by atoms with Gasteiger partial charge >= 0.3 is 0 Å². The van der Waals surface area contributed by atoms with Gasteiger partial charge < -0.3 is 10.2 Å². The molecule has 0 spiro atoms. The lowest BCUT2D eigenvalue weighted by Crippen LogP contribution is -2.44. The zero-order valence-corrected chi connectivity index (χ0v) is 15.7. The Balaban J connectivity index is 1.80. The molecule has 0 bridgehead atoms. The van der Waals surface area contributed by atoms with E-state index < -0.39 is 9.84 Å². The summed E-state index contributed by atoms with van der Waals surface area (Å²) >= 11 is 0. The van der Waals surface area contributed by atoms with Crippen molar-refractivity contribution in [3.8, 4) is 0 Å². The molecule has 2 aromatic carbocycles. The highest BCUT2D eigenvalue weighted by molar-refractivity contribution is 7.90. The van der Waals surface area contributed by atoms with Gasteiger partial charge in [-0.05, 0) is 49.7 Å². The summed E-state index contributed by atoms with van der Waals surface area (Å²) in [5.74, 6) is -0.205. The van der Waals surface area contributed by atoms with Crippen molar-refractivity contribution < 1.29 is 13.2 Å². The average molecular weight is 372 g/mol. The molecule has 6 heteroatoms. The van der Waals surface area contributed by atoms with Crippen molar-refractivity contribution in [2.45, 2.75) is 29.5 Å². The number of amides is 1.